The largest absolute Gasteiger partial charge is 0.303 e. The monoisotopic (exact) mass is 331 g/mol. The van der Waals surface area contributed by atoms with Crippen LogP contribution in [0.4, 0.5) is 4.39 Å². The number of aryl methyl sites for hydroxylation is 2. The van der Waals surface area contributed by atoms with Gasteiger partial charge in [0.1, 0.15) is 11.6 Å². The van der Waals surface area contributed by atoms with Crippen LogP contribution in [0.3, 0.4) is 0 Å². The standard InChI is InChI=1S/C21H18FN3/c1-14-7-8-24-21(9-14)25-15(2)10-18(16(25)3)11-19(13-23)17-5-4-6-20(22)12-17/h4-12H,1-3H3. The van der Waals surface area contributed by atoms with E-state index in [9.17, 15) is 9.65 Å². The fourth-order valence-electron chi connectivity index (χ4n) is 2.92. The van der Waals surface area contributed by atoms with Gasteiger partial charge in [0.15, 0.2) is 0 Å². The summed E-state index contributed by atoms with van der Waals surface area (Å²) < 4.78 is 15.5. The quantitative estimate of drug-likeness (QED) is 0.634. The fraction of sp³-hybridized carbons (Fsp3) is 0.143. The third kappa shape index (κ3) is 3.36. The molecule has 0 aliphatic rings. The molecule has 3 rings (SSSR count). The molecule has 0 aliphatic heterocycles. The van der Waals surface area contributed by atoms with Crippen LogP contribution in [0.25, 0.3) is 17.5 Å². The van der Waals surface area contributed by atoms with E-state index in [1.54, 1.807) is 24.4 Å². The van der Waals surface area contributed by atoms with Gasteiger partial charge in [-0.2, -0.15) is 5.26 Å². The zero-order chi connectivity index (χ0) is 18.0. The van der Waals surface area contributed by atoms with E-state index in [4.69, 9.17) is 0 Å². The molecule has 0 bridgehead atoms. The molecule has 0 unspecified atom stereocenters. The molecule has 0 atom stereocenters. The van der Waals surface area contributed by atoms with Crippen molar-refractivity contribution in [1.29, 1.82) is 5.26 Å². The number of rotatable bonds is 3. The first kappa shape index (κ1) is 16.7. The van der Waals surface area contributed by atoms with Crippen molar-refractivity contribution >= 4 is 11.6 Å². The maximum absolute atomic E-state index is 13.5. The Balaban J connectivity index is 2.10. The van der Waals surface area contributed by atoms with Crippen LogP contribution in [0.1, 0.15) is 28.1 Å². The number of nitriles is 1. The minimum Gasteiger partial charge on any atom is -0.303 e. The number of hydrogen-bond acceptors (Lipinski definition) is 2. The molecule has 3 aromatic rings. The Morgan fingerprint density at radius 2 is 1.96 bits per heavy atom. The van der Waals surface area contributed by atoms with E-state index in [1.165, 1.54) is 12.1 Å². The highest BCUT2D eigenvalue weighted by Crippen LogP contribution is 2.25. The van der Waals surface area contributed by atoms with Gasteiger partial charge < -0.3 is 4.57 Å². The highest BCUT2D eigenvalue weighted by atomic mass is 19.1. The topological polar surface area (TPSA) is 41.6 Å². The highest BCUT2D eigenvalue weighted by Gasteiger charge is 2.12. The van der Waals surface area contributed by atoms with Gasteiger partial charge in [0.25, 0.3) is 0 Å². The van der Waals surface area contributed by atoms with Crippen LogP contribution in [-0.4, -0.2) is 9.55 Å². The van der Waals surface area contributed by atoms with Crippen LogP contribution >= 0.6 is 0 Å². The van der Waals surface area contributed by atoms with Crippen molar-refractivity contribution in [3.63, 3.8) is 0 Å². The van der Waals surface area contributed by atoms with E-state index < -0.39 is 0 Å². The van der Waals surface area contributed by atoms with Crippen molar-refractivity contribution in [2.75, 3.05) is 0 Å². The summed E-state index contributed by atoms with van der Waals surface area (Å²) in [6.07, 6.45) is 3.58. The van der Waals surface area contributed by atoms with Crippen molar-refractivity contribution in [1.82, 2.24) is 9.55 Å². The lowest BCUT2D eigenvalue weighted by Crippen LogP contribution is -2.01. The minimum absolute atomic E-state index is 0.354. The van der Waals surface area contributed by atoms with Crippen LogP contribution in [0, 0.1) is 37.9 Å². The van der Waals surface area contributed by atoms with E-state index >= 15 is 0 Å². The van der Waals surface area contributed by atoms with Crippen molar-refractivity contribution in [2.45, 2.75) is 20.8 Å². The average molecular weight is 331 g/mol. The van der Waals surface area contributed by atoms with Gasteiger partial charge in [-0.15, -0.1) is 0 Å². The molecular formula is C21H18FN3. The van der Waals surface area contributed by atoms with Gasteiger partial charge in [0, 0.05) is 17.6 Å². The zero-order valence-electron chi connectivity index (χ0n) is 14.4. The highest BCUT2D eigenvalue weighted by molar-refractivity contribution is 5.90. The number of allylic oxidation sites excluding steroid dienone is 1. The third-order valence-corrected chi connectivity index (χ3v) is 4.16. The summed E-state index contributed by atoms with van der Waals surface area (Å²) >= 11 is 0. The van der Waals surface area contributed by atoms with Gasteiger partial charge in [-0.25, -0.2) is 9.37 Å². The number of pyridine rings is 1. The van der Waals surface area contributed by atoms with E-state index in [0.29, 0.717) is 11.1 Å². The molecule has 0 radical (unpaired) electrons. The van der Waals surface area contributed by atoms with Crippen LogP contribution in [0.2, 0.25) is 0 Å². The molecule has 4 heteroatoms. The number of halogens is 1. The van der Waals surface area contributed by atoms with Gasteiger partial charge >= 0.3 is 0 Å². The molecule has 0 saturated carbocycles. The van der Waals surface area contributed by atoms with E-state index in [2.05, 4.69) is 15.6 Å². The van der Waals surface area contributed by atoms with Crippen LogP contribution in [-0.2, 0) is 0 Å². The molecule has 124 valence electrons. The maximum atomic E-state index is 13.5. The molecular weight excluding hydrogens is 313 g/mol. The van der Waals surface area contributed by atoms with Crippen molar-refractivity contribution in [3.8, 4) is 11.9 Å². The second-order valence-corrected chi connectivity index (χ2v) is 6.03. The van der Waals surface area contributed by atoms with Gasteiger partial charge in [-0.3, -0.25) is 0 Å². The Morgan fingerprint density at radius 3 is 2.64 bits per heavy atom. The lowest BCUT2D eigenvalue weighted by Gasteiger charge is -2.09. The molecule has 2 aromatic heterocycles. The van der Waals surface area contributed by atoms with Crippen molar-refractivity contribution < 1.29 is 4.39 Å². The Labute approximate surface area is 146 Å². The maximum Gasteiger partial charge on any atom is 0.137 e. The SMILES string of the molecule is Cc1ccnc(-n2c(C)cc(C=C(C#N)c3cccc(F)c3)c2C)c1. The van der Waals surface area contributed by atoms with Gasteiger partial charge in [-0.1, -0.05) is 12.1 Å². The molecule has 0 amide bonds. The lowest BCUT2D eigenvalue weighted by molar-refractivity contribution is 0.627. The van der Waals surface area contributed by atoms with Crippen LogP contribution < -0.4 is 0 Å². The van der Waals surface area contributed by atoms with Crippen LogP contribution in [0.5, 0.6) is 0 Å². The van der Waals surface area contributed by atoms with Gasteiger partial charge in [0.2, 0.25) is 0 Å². The third-order valence-electron chi connectivity index (χ3n) is 4.16. The summed E-state index contributed by atoms with van der Waals surface area (Å²) in [5, 5.41) is 9.49. The fourth-order valence-corrected chi connectivity index (χ4v) is 2.92. The second-order valence-electron chi connectivity index (χ2n) is 6.03. The Bertz CT molecular complexity index is 1010. The van der Waals surface area contributed by atoms with Crippen LogP contribution in [0.15, 0.2) is 48.7 Å². The predicted octanol–water partition coefficient (Wildman–Crippen LogP) is 5.00. The minimum atomic E-state index is -0.354. The number of hydrogen-bond donors (Lipinski definition) is 0. The lowest BCUT2D eigenvalue weighted by atomic mass is 10.0. The number of aromatic nitrogens is 2. The summed E-state index contributed by atoms with van der Waals surface area (Å²) in [6.45, 7) is 6.02. The summed E-state index contributed by atoms with van der Waals surface area (Å²) in [5.41, 5.74) is 5.06. The zero-order valence-corrected chi connectivity index (χ0v) is 14.4. The summed E-state index contributed by atoms with van der Waals surface area (Å²) in [4.78, 5) is 4.44. The van der Waals surface area contributed by atoms with E-state index in [-0.39, 0.29) is 5.82 Å². The van der Waals surface area contributed by atoms with E-state index in [0.717, 1.165) is 28.3 Å². The normalized spacial score (nSPS) is 11.4. The summed E-state index contributed by atoms with van der Waals surface area (Å²) in [6, 6.07) is 14.2. The molecule has 1 aromatic carbocycles. The summed E-state index contributed by atoms with van der Waals surface area (Å²) in [7, 11) is 0. The Morgan fingerprint density at radius 1 is 1.16 bits per heavy atom. The average Bonchev–Trinajstić information content (AvgIpc) is 2.86. The number of nitrogens with zero attached hydrogens (tertiary/aromatic N) is 3. The van der Waals surface area contributed by atoms with Gasteiger partial charge in [-0.05, 0) is 73.9 Å². The molecule has 3 nitrogen and oxygen atoms in total. The Kier molecular flexibility index (Phi) is 4.49. The first-order valence-electron chi connectivity index (χ1n) is 7.99. The van der Waals surface area contributed by atoms with Crippen molar-refractivity contribution in [2.24, 2.45) is 0 Å². The molecule has 25 heavy (non-hydrogen) atoms. The van der Waals surface area contributed by atoms with Crippen molar-refractivity contribution in [3.05, 3.63) is 82.6 Å². The molecule has 0 spiro atoms. The summed E-state index contributed by atoms with van der Waals surface area (Å²) in [5.74, 6) is 0.493. The molecule has 0 saturated heterocycles. The number of benzene rings is 1. The van der Waals surface area contributed by atoms with E-state index in [1.807, 2.05) is 39.0 Å². The first-order chi connectivity index (χ1) is 12.0. The first-order valence-corrected chi connectivity index (χ1v) is 7.99. The predicted molar refractivity (Wildman–Crippen MR) is 97.7 cm³/mol. The molecule has 0 fully saturated rings. The Hall–Kier alpha value is -3.19. The molecule has 0 N–H and O–H groups in total. The smallest absolute Gasteiger partial charge is 0.137 e. The molecule has 0 aliphatic carbocycles. The second kappa shape index (κ2) is 6.74. The molecule has 2 heterocycles. The van der Waals surface area contributed by atoms with Gasteiger partial charge in [0.05, 0.1) is 11.6 Å².